The molecule has 2 aromatic rings. The molecule has 1 atom stereocenters. The van der Waals surface area contributed by atoms with Gasteiger partial charge >= 0.3 is 0 Å². The lowest BCUT2D eigenvalue weighted by Gasteiger charge is -2.17. The van der Waals surface area contributed by atoms with Gasteiger partial charge in [-0.15, -0.1) is 5.10 Å². The van der Waals surface area contributed by atoms with Crippen molar-refractivity contribution >= 4 is 11.5 Å². The second-order valence-corrected chi connectivity index (χ2v) is 4.69. The van der Waals surface area contributed by atoms with Gasteiger partial charge in [-0.05, 0) is 30.6 Å². The van der Waals surface area contributed by atoms with Crippen LogP contribution in [-0.4, -0.2) is 16.1 Å². The van der Waals surface area contributed by atoms with Gasteiger partial charge in [-0.25, -0.2) is 8.78 Å². The van der Waals surface area contributed by atoms with Crippen LogP contribution in [-0.2, 0) is 0 Å². The average Bonchev–Trinajstić information content (AvgIpc) is 2.85. The van der Waals surface area contributed by atoms with E-state index in [0.717, 1.165) is 23.9 Å². The molecule has 0 saturated carbocycles. The molecular formula is C12H13F2N3S. The lowest BCUT2D eigenvalue weighted by Crippen LogP contribution is -2.23. The minimum absolute atomic E-state index is 0.328. The Morgan fingerprint density at radius 3 is 2.83 bits per heavy atom. The zero-order valence-corrected chi connectivity index (χ0v) is 10.7. The minimum atomic E-state index is -0.576. The number of benzene rings is 1. The number of rotatable bonds is 5. The van der Waals surface area contributed by atoms with Crippen molar-refractivity contribution in [3.63, 3.8) is 0 Å². The normalized spacial score (nSPS) is 12.6. The first kappa shape index (κ1) is 13.0. The lowest BCUT2D eigenvalue weighted by atomic mass is 10.0. The number of halogens is 2. The number of hydrogen-bond acceptors (Lipinski definition) is 4. The van der Waals surface area contributed by atoms with Crippen LogP contribution in [0.5, 0.6) is 0 Å². The van der Waals surface area contributed by atoms with Crippen molar-refractivity contribution in [2.24, 2.45) is 0 Å². The van der Waals surface area contributed by atoms with Gasteiger partial charge < -0.3 is 5.32 Å². The molecule has 1 heterocycles. The topological polar surface area (TPSA) is 37.8 Å². The molecule has 2 rings (SSSR count). The van der Waals surface area contributed by atoms with E-state index in [-0.39, 0.29) is 6.04 Å². The van der Waals surface area contributed by atoms with Gasteiger partial charge in [0, 0.05) is 11.6 Å². The van der Waals surface area contributed by atoms with E-state index in [4.69, 9.17) is 0 Å². The zero-order valence-electron chi connectivity index (χ0n) is 9.86. The van der Waals surface area contributed by atoms with Gasteiger partial charge in [-0.1, -0.05) is 17.5 Å². The Balaban J connectivity index is 2.33. The van der Waals surface area contributed by atoms with Crippen LogP contribution in [0.3, 0.4) is 0 Å². The molecule has 1 aromatic heterocycles. The summed E-state index contributed by atoms with van der Waals surface area (Å²) in [5.74, 6) is -1.13. The molecule has 1 N–H and O–H groups in total. The quantitative estimate of drug-likeness (QED) is 0.907. The van der Waals surface area contributed by atoms with Gasteiger partial charge in [0.05, 0.1) is 17.1 Å². The molecule has 0 radical (unpaired) electrons. The Hall–Kier alpha value is -1.40. The third kappa shape index (κ3) is 2.88. The van der Waals surface area contributed by atoms with Gasteiger partial charge in [0.2, 0.25) is 0 Å². The summed E-state index contributed by atoms with van der Waals surface area (Å²) in [4.78, 5) is 0.814. The van der Waals surface area contributed by atoms with Crippen molar-refractivity contribution in [1.82, 2.24) is 14.9 Å². The van der Waals surface area contributed by atoms with Crippen LogP contribution < -0.4 is 5.32 Å². The zero-order chi connectivity index (χ0) is 13.0. The van der Waals surface area contributed by atoms with Crippen molar-refractivity contribution < 1.29 is 8.78 Å². The molecule has 0 spiro atoms. The van der Waals surface area contributed by atoms with Crippen LogP contribution in [0, 0.1) is 11.6 Å². The van der Waals surface area contributed by atoms with Crippen LogP contribution >= 0.6 is 11.5 Å². The molecule has 96 valence electrons. The SMILES string of the molecule is CCCNC(c1cnns1)c1ccc(F)cc1F. The van der Waals surface area contributed by atoms with Crippen molar-refractivity contribution in [2.45, 2.75) is 19.4 Å². The highest BCUT2D eigenvalue weighted by Crippen LogP contribution is 2.26. The molecule has 0 saturated heterocycles. The van der Waals surface area contributed by atoms with Gasteiger partial charge in [0.15, 0.2) is 0 Å². The van der Waals surface area contributed by atoms with E-state index in [1.807, 2.05) is 6.92 Å². The van der Waals surface area contributed by atoms with E-state index >= 15 is 0 Å². The highest BCUT2D eigenvalue weighted by molar-refractivity contribution is 7.05. The largest absolute Gasteiger partial charge is 0.305 e. The van der Waals surface area contributed by atoms with E-state index in [2.05, 4.69) is 14.9 Å². The molecule has 0 bridgehead atoms. The second-order valence-electron chi connectivity index (χ2n) is 3.87. The molecule has 1 aromatic carbocycles. The fourth-order valence-corrected chi connectivity index (χ4v) is 2.29. The third-order valence-corrected chi connectivity index (χ3v) is 3.26. The molecule has 0 aliphatic carbocycles. The van der Waals surface area contributed by atoms with Crippen molar-refractivity contribution in [1.29, 1.82) is 0 Å². The van der Waals surface area contributed by atoms with Gasteiger partial charge in [0.25, 0.3) is 0 Å². The maximum absolute atomic E-state index is 13.8. The first-order chi connectivity index (χ1) is 8.72. The monoisotopic (exact) mass is 269 g/mol. The summed E-state index contributed by atoms with van der Waals surface area (Å²) in [6.45, 7) is 2.76. The summed E-state index contributed by atoms with van der Waals surface area (Å²) >= 11 is 1.21. The van der Waals surface area contributed by atoms with Crippen LogP contribution in [0.15, 0.2) is 24.4 Å². The summed E-state index contributed by atoms with van der Waals surface area (Å²) in [6, 6.07) is 3.28. The highest BCUT2D eigenvalue weighted by atomic mass is 32.1. The van der Waals surface area contributed by atoms with Crippen molar-refractivity contribution in [3.8, 4) is 0 Å². The van der Waals surface area contributed by atoms with Crippen LogP contribution in [0.4, 0.5) is 8.78 Å². The summed E-state index contributed by atoms with van der Waals surface area (Å²) in [5.41, 5.74) is 0.413. The van der Waals surface area contributed by atoms with Gasteiger partial charge in [-0.3, -0.25) is 0 Å². The van der Waals surface area contributed by atoms with E-state index in [1.165, 1.54) is 23.7 Å². The van der Waals surface area contributed by atoms with Crippen molar-refractivity contribution in [3.05, 3.63) is 46.5 Å². The molecule has 0 aliphatic rings. The fraction of sp³-hybridized carbons (Fsp3) is 0.333. The minimum Gasteiger partial charge on any atom is -0.305 e. The van der Waals surface area contributed by atoms with Crippen LogP contribution in [0.25, 0.3) is 0 Å². The fourth-order valence-electron chi connectivity index (χ4n) is 1.69. The maximum atomic E-state index is 13.8. The summed E-state index contributed by atoms with van der Waals surface area (Å²) < 4.78 is 30.5. The standard InChI is InChI=1S/C12H13F2N3S/c1-2-5-15-12(11-7-16-17-18-11)9-4-3-8(13)6-10(9)14/h3-4,6-7,12,15H,2,5H2,1H3. The highest BCUT2D eigenvalue weighted by Gasteiger charge is 2.19. The Morgan fingerprint density at radius 2 is 2.22 bits per heavy atom. The van der Waals surface area contributed by atoms with Gasteiger partial charge in [-0.2, -0.15) is 0 Å². The predicted octanol–water partition coefficient (Wildman–Crippen LogP) is 2.91. The molecular weight excluding hydrogens is 256 g/mol. The van der Waals surface area contributed by atoms with Crippen LogP contribution in [0.1, 0.15) is 29.8 Å². The number of nitrogens with one attached hydrogen (secondary N) is 1. The molecule has 0 aliphatic heterocycles. The predicted molar refractivity (Wildman–Crippen MR) is 66.4 cm³/mol. The van der Waals surface area contributed by atoms with E-state index in [1.54, 1.807) is 6.20 Å². The molecule has 0 fully saturated rings. The Kier molecular flexibility index (Phi) is 4.33. The first-order valence-electron chi connectivity index (χ1n) is 5.68. The Bertz CT molecular complexity index is 502. The van der Waals surface area contributed by atoms with E-state index in [9.17, 15) is 8.78 Å². The molecule has 18 heavy (non-hydrogen) atoms. The number of hydrogen-bond donors (Lipinski definition) is 1. The maximum Gasteiger partial charge on any atom is 0.131 e. The summed E-state index contributed by atoms with van der Waals surface area (Å²) in [7, 11) is 0. The molecule has 6 heteroatoms. The first-order valence-corrected chi connectivity index (χ1v) is 6.45. The molecule has 1 unspecified atom stereocenters. The molecule has 0 amide bonds. The lowest BCUT2D eigenvalue weighted by molar-refractivity contribution is 0.536. The summed E-state index contributed by atoms with van der Waals surface area (Å²) in [5, 5.41) is 6.97. The molecule has 3 nitrogen and oxygen atoms in total. The van der Waals surface area contributed by atoms with Gasteiger partial charge in [0.1, 0.15) is 11.6 Å². The Morgan fingerprint density at radius 1 is 1.39 bits per heavy atom. The Labute approximate surface area is 108 Å². The summed E-state index contributed by atoms with van der Waals surface area (Å²) in [6.07, 6.45) is 2.52. The average molecular weight is 269 g/mol. The third-order valence-electron chi connectivity index (χ3n) is 2.53. The number of nitrogens with zero attached hydrogens (tertiary/aromatic N) is 2. The van der Waals surface area contributed by atoms with E-state index in [0.29, 0.717) is 5.56 Å². The second kappa shape index (κ2) is 5.97. The van der Waals surface area contributed by atoms with Crippen LogP contribution in [0.2, 0.25) is 0 Å². The number of aromatic nitrogens is 2. The van der Waals surface area contributed by atoms with E-state index < -0.39 is 11.6 Å². The van der Waals surface area contributed by atoms with Crippen molar-refractivity contribution in [2.75, 3.05) is 6.54 Å². The smallest absolute Gasteiger partial charge is 0.131 e.